The van der Waals surface area contributed by atoms with Gasteiger partial charge >= 0.3 is 0 Å². The second-order valence-electron chi connectivity index (χ2n) is 4.85. The minimum absolute atomic E-state index is 0.185. The van der Waals surface area contributed by atoms with Gasteiger partial charge in [0.1, 0.15) is 5.75 Å². The first-order valence-electron chi connectivity index (χ1n) is 6.72. The van der Waals surface area contributed by atoms with E-state index in [-0.39, 0.29) is 6.04 Å². The van der Waals surface area contributed by atoms with E-state index in [9.17, 15) is 0 Å². The van der Waals surface area contributed by atoms with E-state index >= 15 is 0 Å². The fourth-order valence-corrected chi connectivity index (χ4v) is 2.28. The van der Waals surface area contributed by atoms with Crippen molar-refractivity contribution in [3.05, 3.63) is 29.8 Å². The van der Waals surface area contributed by atoms with E-state index in [1.807, 2.05) is 12.1 Å². The Balaban J connectivity index is 2.94. The van der Waals surface area contributed by atoms with Crippen LogP contribution in [-0.2, 0) is 4.74 Å². The molecular formula is C15H26N2O2. The standard InChI is InChI=1S/C15H26N2O2/c1-12(2)17(8-9-18-3)15(11-16)13-6-5-7-14(10-13)19-4/h5-7,10,12,15H,8-9,11,16H2,1-4H3. The van der Waals surface area contributed by atoms with Crippen molar-refractivity contribution in [2.45, 2.75) is 25.9 Å². The molecule has 0 bridgehead atoms. The highest BCUT2D eigenvalue weighted by atomic mass is 16.5. The molecule has 1 atom stereocenters. The normalized spacial score (nSPS) is 13.0. The summed E-state index contributed by atoms with van der Waals surface area (Å²) in [6.45, 7) is 6.51. The molecule has 0 fully saturated rings. The van der Waals surface area contributed by atoms with Gasteiger partial charge in [0.2, 0.25) is 0 Å². The summed E-state index contributed by atoms with van der Waals surface area (Å²) >= 11 is 0. The van der Waals surface area contributed by atoms with E-state index in [4.69, 9.17) is 15.2 Å². The zero-order valence-electron chi connectivity index (χ0n) is 12.4. The SMILES string of the molecule is COCCN(C(C)C)C(CN)c1cccc(OC)c1. The van der Waals surface area contributed by atoms with Crippen LogP contribution in [0.3, 0.4) is 0 Å². The quantitative estimate of drug-likeness (QED) is 0.782. The third kappa shape index (κ3) is 4.49. The van der Waals surface area contributed by atoms with Crippen LogP contribution in [0, 0.1) is 0 Å². The first-order chi connectivity index (χ1) is 9.13. The van der Waals surface area contributed by atoms with Crippen molar-refractivity contribution >= 4 is 0 Å². The Kier molecular flexibility index (Phi) is 6.84. The Hall–Kier alpha value is -1.10. The van der Waals surface area contributed by atoms with Crippen LogP contribution in [0.25, 0.3) is 0 Å². The van der Waals surface area contributed by atoms with Gasteiger partial charge in [-0.1, -0.05) is 12.1 Å². The fraction of sp³-hybridized carbons (Fsp3) is 0.600. The van der Waals surface area contributed by atoms with Gasteiger partial charge < -0.3 is 15.2 Å². The van der Waals surface area contributed by atoms with Gasteiger partial charge in [-0.2, -0.15) is 0 Å². The first-order valence-corrected chi connectivity index (χ1v) is 6.72. The summed E-state index contributed by atoms with van der Waals surface area (Å²) in [5.41, 5.74) is 7.17. The predicted octanol–water partition coefficient (Wildman–Crippen LogP) is 2.05. The maximum atomic E-state index is 5.98. The second kappa shape index (κ2) is 8.15. The van der Waals surface area contributed by atoms with Crippen molar-refractivity contribution in [1.82, 2.24) is 4.90 Å². The summed E-state index contributed by atoms with van der Waals surface area (Å²) in [6, 6.07) is 8.71. The highest BCUT2D eigenvalue weighted by Gasteiger charge is 2.21. The maximum absolute atomic E-state index is 5.98. The molecule has 108 valence electrons. The molecular weight excluding hydrogens is 240 g/mol. The van der Waals surface area contributed by atoms with E-state index < -0.39 is 0 Å². The topological polar surface area (TPSA) is 47.7 Å². The molecule has 2 N–H and O–H groups in total. The second-order valence-corrected chi connectivity index (χ2v) is 4.85. The van der Waals surface area contributed by atoms with E-state index in [2.05, 4.69) is 30.9 Å². The average Bonchev–Trinajstić information content (AvgIpc) is 2.43. The van der Waals surface area contributed by atoms with Crippen LogP contribution in [0.1, 0.15) is 25.5 Å². The average molecular weight is 266 g/mol. The molecule has 4 heteroatoms. The molecule has 19 heavy (non-hydrogen) atoms. The smallest absolute Gasteiger partial charge is 0.119 e. The maximum Gasteiger partial charge on any atom is 0.119 e. The summed E-state index contributed by atoms with van der Waals surface area (Å²) in [5, 5.41) is 0. The van der Waals surface area contributed by atoms with Crippen LogP contribution in [0.4, 0.5) is 0 Å². The van der Waals surface area contributed by atoms with Crippen LogP contribution in [0.5, 0.6) is 5.75 Å². The van der Waals surface area contributed by atoms with Gasteiger partial charge in [0, 0.05) is 32.3 Å². The molecule has 0 saturated heterocycles. The number of nitrogens with two attached hydrogens (primary N) is 1. The Labute approximate surface area is 116 Å². The monoisotopic (exact) mass is 266 g/mol. The third-order valence-electron chi connectivity index (χ3n) is 3.32. The summed E-state index contributed by atoms with van der Waals surface area (Å²) in [6.07, 6.45) is 0. The number of methoxy groups -OCH3 is 2. The van der Waals surface area contributed by atoms with Crippen molar-refractivity contribution < 1.29 is 9.47 Å². The Morgan fingerprint density at radius 2 is 2.00 bits per heavy atom. The lowest BCUT2D eigenvalue weighted by Gasteiger charge is -2.34. The van der Waals surface area contributed by atoms with E-state index in [1.54, 1.807) is 14.2 Å². The van der Waals surface area contributed by atoms with E-state index in [0.29, 0.717) is 19.2 Å². The molecule has 0 aliphatic carbocycles. The highest BCUT2D eigenvalue weighted by molar-refractivity contribution is 5.30. The fourth-order valence-electron chi connectivity index (χ4n) is 2.28. The lowest BCUT2D eigenvalue weighted by molar-refractivity contribution is 0.0979. The molecule has 0 radical (unpaired) electrons. The van der Waals surface area contributed by atoms with Crippen LogP contribution < -0.4 is 10.5 Å². The lowest BCUT2D eigenvalue weighted by Crippen LogP contribution is -2.40. The molecule has 1 rings (SSSR count). The van der Waals surface area contributed by atoms with Crippen molar-refractivity contribution in [2.24, 2.45) is 5.73 Å². The minimum Gasteiger partial charge on any atom is -0.497 e. The molecule has 0 aliphatic heterocycles. The van der Waals surface area contributed by atoms with Crippen LogP contribution >= 0.6 is 0 Å². The Morgan fingerprint density at radius 3 is 2.53 bits per heavy atom. The zero-order valence-corrected chi connectivity index (χ0v) is 12.4. The number of nitrogens with zero attached hydrogens (tertiary/aromatic N) is 1. The molecule has 1 aromatic carbocycles. The summed E-state index contributed by atoms with van der Waals surface area (Å²) in [5.74, 6) is 0.867. The van der Waals surface area contributed by atoms with Gasteiger partial charge in [0.25, 0.3) is 0 Å². The summed E-state index contributed by atoms with van der Waals surface area (Å²) in [7, 11) is 3.41. The third-order valence-corrected chi connectivity index (χ3v) is 3.32. The lowest BCUT2D eigenvalue weighted by atomic mass is 10.0. The number of hydrogen-bond acceptors (Lipinski definition) is 4. The molecule has 0 aliphatic rings. The first kappa shape index (κ1) is 16.0. The number of hydrogen-bond donors (Lipinski definition) is 1. The van der Waals surface area contributed by atoms with Gasteiger partial charge in [-0.3, -0.25) is 4.90 Å². The minimum atomic E-state index is 0.185. The molecule has 4 nitrogen and oxygen atoms in total. The predicted molar refractivity (Wildman–Crippen MR) is 78.5 cm³/mol. The van der Waals surface area contributed by atoms with Gasteiger partial charge in [0.15, 0.2) is 0 Å². The van der Waals surface area contributed by atoms with Gasteiger partial charge in [-0.15, -0.1) is 0 Å². The van der Waals surface area contributed by atoms with Crippen molar-refractivity contribution in [2.75, 3.05) is 33.9 Å². The Bertz CT molecular complexity index is 369. The van der Waals surface area contributed by atoms with Gasteiger partial charge in [0.05, 0.1) is 13.7 Å². The molecule has 0 spiro atoms. The molecule has 1 unspecified atom stereocenters. The van der Waals surface area contributed by atoms with Gasteiger partial charge in [-0.05, 0) is 31.5 Å². The van der Waals surface area contributed by atoms with Crippen LogP contribution in [0.15, 0.2) is 24.3 Å². The largest absolute Gasteiger partial charge is 0.497 e. The van der Waals surface area contributed by atoms with Crippen molar-refractivity contribution in [3.8, 4) is 5.75 Å². The van der Waals surface area contributed by atoms with Crippen LogP contribution in [0.2, 0.25) is 0 Å². The van der Waals surface area contributed by atoms with Crippen molar-refractivity contribution in [3.63, 3.8) is 0 Å². The van der Waals surface area contributed by atoms with E-state index in [0.717, 1.165) is 12.3 Å². The number of rotatable bonds is 8. The molecule has 0 saturated carbocycles. The molecule has 0 amide bonds. The highest BCUT2D eigenvalue weighted by Crippen LogP contribution is 2.25. The van der Waals surface area contributed by atoms with Crippen molar-refractivity contribution in [1.29, 1.82) is 0 Å². The number of ether oxygens (including phenoxy) is 2. The Morgan fingerprint density at radius 1 is 1.26 bits per heavy atom. The van der Waals surface area contributed by atoms with Crippen LogP contribution in [-0.4, -0.2) is 44.9 Å². The van der Waals surface area contributed by atoms with Gasteiger partial charge in [-0.25, -0.2) is 0 Å². The molecule has 1 aromatic rings. The summed E-state index contributed by atoms with van der Waals surface area (Å²) < 4.78 is 10.5. The number of benzene rings is 1. The van der Waals surface area contributed by atoms with E-state index in [1.165, 1.54) is 5.56 Å². The molecule has 0 heterocycles. The zero-order chi connectivity index (χ0) is 14.3. The summed E-state index contributed by atoms with van der Waals surface area (Å²) in [4.78, 5) is 2.36. The molecule has 0 aromatic heterocycles.